The fourth-order valence-electron chi connectivity index (χ4n) is 16.6. The first-order chi connectivity index (χ1) is 85.1. The molecule has 8 N–H and O–H groups in total. The number of H-pyrrole nitrogens is 4. The van der Waals surface area contributed by atoms with Crippen molar-refractivity contribution in [3.8, 4) is 68.5 Å². The third-order valence-electron chi connectivity index (χ3n) is 23.8. The van der Waals surface area contributed by atoms with Gasteiger partial charge in [-0.25, -0.2) is 72.5 Å². The highest BCUT2D eigenvalue weighted by molar-refractivity contribution is 7.90. The second-order valence-corrected chi connectivity index (χ2v) is 41.0. The highest BCUT2D eigenvalue weighted by atomic mass is 32.2. The van der Waals surface area contributed by atoms with Crippen molar-refractivity contribution in [2.75, 3.05) is 107 Å². The van der Waals surface area contributed by atoms with E-state index in [0.29, 0.717) is 122 Å². The molecule has 0 spiro atoms. The Morgan fingerprint density at radius 2 is 0.639 bits per heavy atom. The second kappa shape index (κ2) is 49.9. The number of nitrogens with zero attached hydrogens (tertiary/aromatic N) is 16. The summed E-state index contributed by atoms with van der Waals surface area (Å²) in [6, 6.07) is 13.3. The first-order valence-electron chi connectivity index (χ1n) is 67.4. The lowest BCUT2D eigenvalue weighted by Crippen LogP contribution is -2.31. The largest absolute Gasteiger partial charge is 0.493 e. The number of ether oxygens (including phenoxy) is 4. The minimum atomic E-state index is -4.59. The standard InChI is InChI=1S/4C25H36N6O4S/c4*1-5-8-20-22-23(31(4)29-20)25(32)28-24(27-22)19-16-18(10-11-21(19)35-15-6-2)36(33,34)26-13-12-17-9-7-14-30(17)3/h4*10-11,16-17,26H,5-9,12-15H2,1-4H3,(H,27,28,32)/i1D3,3D3,4D3,13D2;1D3,3D3,4D3,13D;1D3,3D3,4D3,8D2;1D3,3D3,4D3. The molecule has 5 unspecified atom stereocenters. The van der Waals surface area contributed by atoms with Gasteiger partial charge in [0.15, 0.2) is 22.1 Å². The summed E-state index contributed by atoms with van der Waals surface area (Å²) in [6.45, 7) is -25.4. The molecule has 0 amide bonds. The number of aryl methyl sites for hydroxylation is 8. The molecule has 4 aliphatic rings. The monoisotopic (exact) mass is 2110 g/mol. The fraction of sp³-hybridized carbons (Fsp3) is 0.560. The van der Waals surface area contributed by atoms with Gasteiger partial charge in [-0.05, 0) is 255 Å². The SMILES string of the molecule is [2H]C(CC1CCCN1C([2H])([2H])[2H])NS(=O)(=O)c1ccc(OCCC)c(-c2nc3c(CCC([2H])([2H])[2H])nn(C([2H])([2H])[2H])c3c(=O)[nH]2)c1.[2H]C([2H])([2H])CC([2H])([2H])c1nn(C([2H])([2H])[2H])c2c(=O)[nH]c(-c3cc(S(=O)(=O)NCCC4CCCN4C([2H])([2H])[2H])ccc3OCCC)nc12.[2H]C([2H])([2H])CCc1nn(C([2H])([2H])[2H])c2c(=O)[nH]c(-c3cc(S(=O)(=O)NC([2H])([2H])CC4CCCN4C([2H])([2H])[2H])ccc3OCCC)nc12.[2H]C([2H])([2H])CCc1nn(C([2H])([2H])[2H])c2c(=O)[nH]c(-c3cc(S(=O)(=O)NCCC4CCCN4C([2H])([2H])[2H])ccc3OCCC)nc12. The van der Waals surface area contributed by atoms with Crippen molar-refractivity contribution in [3.63, 3.8) is 0 Å². The van der Waals surface area contributed by atoms with Gasteiger partial charge < -0.3 is 58.5 Å². The van der Waals surface area contributed by atoms with Gasteiger partial charge in [-0.2, -0.15) is 20.4 Å². The molecule has 144 heavy (non-hydrogen) atoms. The van der Waals surface area contributed by atoms with Gasteiger partial charge in [0.25, 0.3) is 22.2 Å². The zero-order valence-corrected chi connectivity index (χ0v) is 82.7. The average Bonchev–Trinajstić information content (AvgIpc) is 1.59. The van der Waals surface area contributed by atoms with Crippen LogP contribution in [-0.2, 0) is 93.6 Å². The molecule has 12 aromatic rings. The minimum absolute atomic E-state index is 0.00873. The van der Waals surface area contributed by atoms with E-state index in [4.69, 9.17) is 75.1 Å². The van der Waals surface area contributed by atoms with E-state index in [2.05, 4.69) is 74.4 Å². The number of hydrogen-bond acceptors (Lipinski definition) is 28. The summed E-state index contributed by atoms with van der Waals surface area (Å²) in [4.78, 5) is 84.9. The van der Waals surface area contributed by atoms with Crippen molar-refractivity contribution in [3.05, 3.63) is 137 Å². The Hall–Kier alpha value is -11.0. The number of nitrogens with one attached hydrogen (secondary N) is 8. The number of aromatic amines is 4. The number of fused-ring (bicyclic) bond motifs is 4. The summed E-state index contributed by atoms with van der Waals surface area (Å²) >= 11 is 0. The van der Waals surface area contributed by atoms with Crippen LogP contribution < -0.4 is 60.1 Å². The molecule has 0 bridgehead atoms. The van der Waals surface area contributed by atoms with E-state index in [1.165, 1.54) is 86.3 Å². The predicted molar refractivity (Wildman–Crippen MR) is 559 cm³/mol. The van der Waals surface area contributed by atoms with Crippen LogP contribution in [0.15, 0.2) is 112 Å². The van der Waals surface area contributed by atoms with Crippen molar-refractivity contribution in [2.45, 2.75) is 253 Å². The van der Waals surface area contributed by atoms with Gasteiger partial charge in [0, 0.05) is 134 Å². The quantitative estimate of drug-likeness (QED) is 0.0176. The Balaban J connectivity index is 0.000000200. The van der Waals surface area contributed by atoms with Crippen LogP contribution in [-0.4, -0.2) is 263 Å². The summed E-state index contributed by atoms with van der Waals surface area (Å²) in [7, 11) is -17.2. The molecule has 16 rings (SSSR count). The van der Waals surface area contributed by atoms with E-state index < -0.39 is 223 Å². The van der Waals surface area contributed by atoms with Crippen molar-refractivity contribution < 1.29 is 109 Å². The van der Waals surface area contributed by atoms with E-state index >= 15 is 0 Å². The van der Waals surface area contributed by atoms with E-state index in [-0.39, 0.29) is 232 Å². The van der Waals surface area contributed by atoms with Crippen molar-refractivity contribution in [1.29, 1.82) is 0 Å². The number of likely N-dealkylation sites (tertiary alicyclic amines) is 4. The van der Waals surface area contributed by atoms with Crippen LogP contribution in [0.5, 0.6) is 23.0 Å². The van der Waals surface area contributed by atoms with Crippen molar-refractivity contribution in [2.24, 2.45) is 27.9 Å². The predicted octanol–water partition coefficient (Wildman–Crippen LogP) is 11.3. The zero-order chi connectivity index (χ0) is 138. The maximum Gasteiger partial charge on any atom is 0.277 e. The Bertz CT molecular complexity index is 8970. The molecule has 5 atom stereocenters. The molecular weight excluding hydrogens is 1920 g/mol. The van der Waals surface area contributed by atoms with Crippen molar-refractivity contribution >= 4 is 84.2 Å². The smallest absolute Gasteiger partial charge is 0.277 e. The number of rotatable bonds is 44. The van der Waals surface area contributed by atoms with Gasteiger partial charge in [-0.1, -0.05) is 80.8 Å². The normalized spacial score (nSPS) is 22.4. The van der Waals surface area contributed by atoms with Crippen molar-refractivity contribution in [1.82, 2.24) is 117 Å². The maximum absolute atomic E-state index is 13.5. The third-order valence-corrected chi connectivity index (χ3v) is 29.4. The van der Waals surface area contributed by atoms with E-state index in [1.54, 1.807) is 0 Å². The summed E-state index contributed by atoms with van der Waals surface area (Å²) in [5.74, 6) is -0.292. The van der Waals surface area contributed by atoms with Crippen LogP contribution in [0.1, 0.15) is 262 Å². The summed E-state index contributed by atoms with van der Waals surface area (Å²) in [6.07, 6.45) is 1.49. The number of sulfonamides is 4. The minimum Gasteiger partial charge on any atom is -0.493 e. The lowest BCUT2D eigenvalue weighted by atomic mass is 10.1. The molecule has 4 fully saturated rings. The number of aromatic nitrogens is 16. The van der Waals surface area contributed by atoms with Gasteiger partial charge in [0.2, 0.25) is 40.1 Å². The number of hydrogen-bond donors (Lipinski definition) is 8. The van der Waals surface area contributed by atoms with E-state index in [9.17, 15) is 52.8 Å². The zero-order valence-electron chi connectivity index (χ0n) is 120. The molecule has 44 heteroatoms. The Labute approximate surface area is 900 Å². The summed E-state index contributed by atoms with van der Waals surface area (Å²) in [5, 5.41) is 15.8. The molecule has 4 aliphatic heterocycles. The highest BCUT2D eigenvalue weighted by Gasteiger charge is 2.32. The molecule has 0 aliphatic carbocycles. The molecular formula is C100H144N24O16S4. The number of benzene rings is 4. The van der Waals surface area contributed by atoms with E-state index in [0.717, 1.165) is 6.07 Å². The lowest BCUT2D eigenvalue weighted by Gasteiger charge is -2.19. The second-order valence-electron chi connectivity index (χ2n) is 34.0. The van der Waals surface area contributed by atoms with Crippen LogP contribution in [0.3, 0.4) is 0 Å². The van der Waals surface area contributed by atoms with Crippen LogP contribution in [0, 0.1) is 0 Å². The third kappa shape index (κ3) is 26.5. The van der Waals surface area contributed by atoms with Gasteiger partial charge >= 0.3 is 0 Å². The first-order valence-corrected chi connectivity index (χ1v) is 52.8. The van der Waals surface area contributed by atoms with Gasteiger partial charge in [0.1, 0.15) is 68.4 Å². The van der Waals surface area contributed by atoms with E-state index in [1.807, 2.05) is 32.4 Å². The Kier molecular flexibility index (Phi) is 23.2. The summed E-state index contributed by atoms with van der Waals surface area (Å²) in [5.41, 5.74) is -7.33. The topological polar surface area (TPSA) is 489 Å². The van der Waals surface area contributed by atoms with Crippen LogP contribution in [0.4, 0.5) is 0 Å². The van der Waals surface area contributed by atoms with Gasteiger partial charge in [-0.15, -0.1) is 0 Å². The fourth-order valence-corrected chi connectivity index (χ4v) is 20.6. The summed E-state index contributed by atoms with van der Waals surface area (Å²) < 4.78 is 460. The van der Waals surface area contributed by atoms with Gasteiger partial charge in [-0.3, -0.25) is 37.9 Å². The molecule has 0 saturated carbocycles. The molecule has 0 radical (unpaired) electrons. The lowest BCUT2D eigenvalue weighted by molar-refractivity contribution is 0.297. The molecule has 784 valence electrons. The molecule has 40 nitrogen and oxygen atoms in total. The molecule has 8 aromatic heterocycles. The Morgan fingerprint density at radius 1 is 0.354 bits per heavy atom. The Morgan fingerprint density at radius 3 is 0.938 bits per heavy atom. The molecule has 4 saturated heterocycles. The maximum atomic E-state index is 13.5. The van der Waals surface area contributed by atoms with Crippen LogP contribution >= 0.6 is 0 Å². The van der Waals surface area contributed by atoms with Gasteiger partial charge in [0.05, 0.1) is 91.0 Å². The first kappa shape index (κ1) is 67.0. The van der Waals surface area contributed by atoms with Crippen LogP contribution in [0.2, 0.25) is 0 Å². The average molecular weight is 2110 g/mol. The molecule has 12 heterocycles. The van der Waals surface area contributed by atoms with Crippen LogP contribution in [0.25, 0.3) is 89.7 Å². The highest BCUT2D eigenvalue weighted by Crippen LogP contribution is 2.38. The molecule has 4 aromatic carbocycles.